The second-order valence-electron chi connectivity index (χ2n) is 8.56. The summed E-state index contributed by atoms with van der Waals surface area (Å²) in [5.41, 5.74) is 1.96. The lowest BCUT2D eigenvalue weighted by atomic mass is 9.77. The molecular formula is C18H29N5O4S. The van der Waals surface area contributed by atoms with Gasteiger partial charge in [0.2, 0.25) is 10.0 Å². The van der Waals surface area contributed by atoms with Gasteiger partial charge in [-0.25, -0.2) is 12.7 Å². The van der Waals surface area contributed by atoms with Gasteiger partial charge in [0.15, 0.2) is 0 Å². The molecule has 2 saturated heterocycles. The Morgan fingerprint density at radius 1 is 1.39 bits per heavy atom. The van der Waals surface area contributed by atoms with E-state index in [0.29, 0.717) is 19.5 Å². The summed E-state index contributed by atoms with van der Waals surface area (Å²) < 4.78 is 27.7. The summed E-state index contributed by atoms with van der Waals surface area (Å²) in [6.45, 7) is 5.91. The van der Waals surface area contributed by atoms with E-state index in [1.165, 1.54) is 16.3 Å². The number of aliphatic carboxylic acids is 1. The number of aryl methyl sites for hydroxylation is 1. The van der Waals surface area contributed by atoms with Crippen LogP contribution in [0.25, 0.3) is 0 Å². The summed E-state index contributed by atoms with van der Waals surface area (Å²) in [5, 5.41) is 17.3. The third-order valence-electron chi connectivity index (χ3n) is 6.43. The van der Waals surface area contributed by atoms with E-state index in [-0.39, 0.29) is 17.8 Å². The normalized spacial score (nSPS) is 28.8. The van der Waals surface area contributed by atoms with Crippen molar-refractivity contribution in [1.82, 2.24) is 24.3 Å². The van der Waals surface area contributed by atoms with Crippen molar-refractivity contribution in [3.05, 3.63) is 17.5 Å². The Hall–Kier alpha value is -1.49. The maximum Gasteiger partial charge on any atom is 0.303 e. The van der Waals surface area contributed by atoms with Crippen LogP contribution in [0.15, 0.2) is 6.07 Å². The number of hydrogen-bond donors (Lipinski definition) is 2. The lowest BCUT2D eigenvalue weighted by Crippen LogP contribution is -2.36. The van der Waals surface area contributed by atoms with Crippen molar-refractivity contribution in [3.63, 3.8) is 0 Å². The highest BCUT2D eigenvalue weighted by Crippen LogP contribution is 2.46. The zero-order chi connectivity index (χ0) is 19.9. The summed E-state index contributed by atoms with van der Waals surface area (Å²) in [6.07, 6.45) is 2.90. The second-order valence-corrected chi connectivity index (χ2v) is 10.5. The molecular weight excluding hydrogens is 382 g/mol. The van der Waals surface area contributed by atoms with Gasteiger partial charge in [0.25, 0.3) is 0 Å². The molecule has 0 bridgehead atoms. The fourth-order valence-corrected chi connectivity index (χ4v) is 6.00. The van der Waals surface area contributed by atoms with Crippen molar-refractivity contribution in [3.8, 4) is 0 Å². The molecule has 0 saturated carbocycles. The highest BCUT2D eigenvalue weighted by Gasteiger charge is 2.53. The molecule has 10 heteroatoms. The van der Waals surface area contributed by atoms with Gasteiger partial charge >= 0.3 is 5.97 Å². The van der Waals surface area contributed by atoms with Gasteiger partial charge in [-0.2, -0.15) is 5.10 Å². The van der Waals surface area contributed by atoms with Crippen LogP contribution in [0.4, 0.5) is 0 Å². The highest BCUT2D eigenvalue weighted by molar-refractivity contribution is 7.88. The number of carboxylic acids is 1. The molecule has 2 fully saturated rings. The van der Waals surface area contributed by atoms with Gasteiger partial charge < -0.3 is 10.4 Å². The van der Waals surface area contributed by atoms with E-state index in [2.05, 4.69) is 21.0 Å². The van der Waals surface area contributed by atoms with Gasteiger partial charge in [-0.05, 0) is 31.4 Å². The average molecular weight is 412 g/mol. The summed E-state index contributed by atoms with van der Waals surface area (Å²) in [4.78, 5) is 13.5. The van der Waals surface area contributed by atoms with Crippen LogP contribution in [-0.2, 0) is 34.5 Å². The van der Waals surface area contributed by atoms with Crippen LogP contribution in [-0.4, -0.2) is 77.5 Å². The molecule has 0 aliphatic carbocycles. The van der Waals surface area contributed by atoms with E-state index >= 15 is 0 Å². The lowest BCUT2D eigenvalue weighted by molar-refractivity contribution is -0.137. The van der Waals surface area contributed by atoms with Crippen LogP contribution in [0.5, 0.6) is 0 Å². The molecule has 0 aromatic carbocycles. The van der Waals surface area contributed by atoms with Gasteiger partial charge in [-0.15, -0.1) is 0 Å². The maximum atomic E-state index is 12.0. The number of nitrogens with zero attached hydrogens (tertiary/aromatic N) is 4. The van der Waals surface area contributed by atoms with Crippen molar-refractivity contribution in [2.24, 2.45) is 11.3 Å². The van der Waals surface area contributed by atoms with E-state index in [4.69, 9.17) is 10.2 Å². The van der Waals surface area contributed by atoms with Gasteiger partial charge in [0.1, 0.15) is 0 Å². The minimum atomic E-state index is -3.26. The monoisotopic (exact) mass is 411 g/mol. The SMILES string of the molecule is CS(=O)(=O)N1C[C@@H]2CN(Cc3cc4n(n3)CCCNC4)C[C@]2(CCC(=O)O)C1. The molecule has 0 unspecified atom stereocenters. The van der Waals surface area contributed by atoms with Crippen molar-refractivity contribution in [2.75, 3.05) is 39.0 Å². The van der Waals surface area contributed by atoms with E-state index < -0.39 is 16.0 Å². The first-order valence-electron chi connectivity index (χ1n) is 9.91. The number of sulfonamides is 1. The minimum absolute atomic E-state index is 0.0758. The van der Waals surface area contributed by atoms with Gasteiger partial charge in [0, 0.05) is 57.6 Å². The topological polar surface area (TPSA) is 108 Å². The first-order chi connectivity index (χ1) is 13.2. The molecule has 4 heterocycles. The van der Waals surface area contributed by atoms with Crippen LogP contribution in [0, 0.1) is 11.3 Å². The molecule has 0 radical (unpaired) electrons. The molecule has 9 nitrogen and oxygen atoms in total. The largest absolute Gasteiger partial charge is 0.481 e. The molecule has 1 aromatic heterocycles. The van der Waals surface area contributed by atoms with E-state index in [0.717, 1.165) is 51.4 Å². The Bertz CT molecular complexity index is 831. The molecule has 1 aromatic rings. The van der Waals surface area contributed by atoms with Crippen LogP contribution >= 0.6 is 0 Å². The number of nitrogens with one attached hydrogen (secondary N) is 1. The maximum absolute atomic E-state index is 12.0. The highest BCUT2D eigenvalue weighted by atomic mass is 32.2. The van der Waals surface area contributed by atoms with Crippen LogP contribution in [0.1, 0.15) is 30.7 Å². The van der Waals surface area contributed by atoms with Crippen molar-refractivity contribution >= 4 is 16.0 Å². The third-order valence-corrected chi connectivity index (χ3v) is 7.65. The second kappa shape index (κ2) is 7.40. The number of fused-ring (bicyclic) bond motifs is 2. The molecule has 0 spiro atoms. The summed E-state index contributed by atoms with van der Waals surface area (Å²) in [7, 11) is -3.26. The Kier molecular flexibility index (Phi) is 5.24. The fraction of sp³-hybridized carbons (Fsp3) is 0.778. The molecule has 2 N–H and O–H groups in total. The zero-order valence-electron chi connectivity index (χ0n) is 16.3. The minimum Gasteiger partial charge on any atom is -0.481 e. The number of carboxylic acid groups (broad SMARTS) is 1. The molecule has 156 valence electrons. The van der Waals surface area contributed by atoms with Gasteiger partial charge in [0.05, 0.1) is 17.6 Å². The number of aromatic nitrogens is 2. The van der Waals surface area contributed by atoms with Crippen molar-refractivity contribution in [1.29, 1.82) is 0 Å². The number of rotatable bonds is 6. The molecule has 3 aliphatic heterocycles. The predicted molar refractivity (Wildman–Crippen MR) is 103 cm³/mol. The lowest BCUT2D eigenvalue weighted by Gasteiger charge is -2.28. The Morgan fingerprint density at radius 2 is 2.21 bits per heavy atom. The first-order valence-corrected chi connectivity index (χ1v) is 11.8. The quantitative estimate of drug-likeness (QED) is 0.675. The van der Waals surface area contributed by atoms with Gasteiger partial charge in [-0.3, -0.25) is 14.4 Å². The number of carbonyl (C=O) groups is 1. The van der Waals surface area contributed by atoms with Gasteiger partial charge in [-0.1, -0.05) is 0 Å². The predicted octanol–water partition coefficient (Wildman–Crippen LogP) is -0.0654. The van der Waals surface area contributed by atoms with E-state index in [1.807, 2.05) is 0 Å². The smallest absolute Gasteiger partial charge is 0.303 e. The molecule has 4 rings (SSSR count). The fourth-order valence-electron chi connectivity index (χ4n) is 5.06. The average Bonchev–Trinajstić information content (AvgIpc) is 3.19. The van der Waals surface area contributed by atoms with Crippen LogP contribution in [0.2, 0.25) is 0 Å². The molecule has 2 atom stereocenters. The first kappa shape index (κ1) is 19.8. The Labute approximate surface area is 165 Å². The summed E-state index contributed by atoms with van der Waals surface area (Å²) in [6, 6.07) is 2.15. The molecule has 3 aliphatic rings. The van der Waals surface area contributed by atoms with E-state index in [1.54, 1.807) is 0 Å². The molecule has 28 heavy (non-hydrogen) atoms. The number of hydrogen-bond acceptors (Lipinski definition) is 6. The Morgan fingerprint density at radius 3 is 2.96 bits per heavy atom. The Balaban J connectivity index is 1.47. The standard InChI is InChI=1S/C18H29N5O4S/c1-28(26,27)22-10-14-9-21(12-18(14,13-22)4-3-17(24)25)11-15-7-16-8-19-5-2-6-23(16)20-15/h7,14,19H,2-6,8-13H2,1H3,(H,24,25)/t14-,18+/m0/s1. The number of likely N-dealkylation sites (tertiary alicyclic amines) is 1. The van der Waals surface area contributed by atoms with Crippen molar-refractivity contribution < 1.29 is 18.3 Å². The zero-order valence-corrected chi connectivity index (χ0v) is 17.1. The van der Waals surface area contributed by atoms with Crippen molar-refractivity contribution in [2.45, 2.75) is 38.9 Å². The third kappa shape index (κ3) is 3.96. The summed E-state index contributed by atoms with van der Waals surface area (Å²) >= 11 is 0. The van der Waals surface area contributed by atoms with Crippen LogP contribution in [0.3, 0.4) is 0 Å². The summed E-state index contributed by atoms with van der Waals surface area (Å²) in [5.74, 6) is -0.654. The van der Waals surface area contributed by atoms with E-state index in [9.17, 15) is 13.2 Å². The molecule has 0 amide bonds. The van der Waals surface area contributed by atoms with Crippen LogP contribution < -0.4 is 5.32 Å².